The SMILES string of the molecule is Cc1ccc(NC(=O)CCc2ncc(-c3ccccc3F)o2)c(OCC2CCCO2)c1. The third-order valence-electron chi connectivity index (χ3n) is 5.12. The van der Waals surface area contributed by atoms with E-state index in [1.54, 1.807) is 18.2 Å². The number of benzene rings is 2. The Hall–Kier alpha value is -3.19. The summed E-state index contributed by atoms with van der Waals surface area (Å²) in [6.45, 7) is 3.20. The van der Waals surface area contributed by atoms with E-state index in [0.717, 1.165) is 25.0 Å². The van der Waals surface area contributed by atoms with Gasteiger partial charge in [-0.1, -0.05) is 18.2 Å². The van der Waals surface area contributed by atoms with Crippen LogP contribution in [0.25, 0.3) is 11.3 Å². The number of rotatable bonds is 8. The highest BCUT2D eigenvalue weighted by Crippen LogP contribution is 2.28. The van der Waals surface area contributed by atoms with Crippen molar-refractivity contribution < 1.29 is 23.1 Å². The Morgan fingerprint density at radius 2 is 2.16 bits per heavy atom. The number of nitrogens with one attached hydrogen (secondary N) is 1. The first-order valence-corrected chi connectivity index (χ1v) is 10.4. The Bertz CT molecular complexity index is 1040. The molecule has 1 aromatic heterocycles. The Labute approximate surface area is 180 Å². The molecule has 0 radical (unpaired) electrons. The van der Waals surface area contributed by atoms with Crippen LogP contribution in [0.5, 0.6) is 5.75 Å². The van der Waals surface area contributed by atoms with Crippen molar-refractivity contribution >= 4 is 11.6 Å². The van der Waals surface area contributed by atoms with Crippen molar-refractivity contribution in [2.24, 2.45) is 0 Å². The lowest BCUT2D eigenvalue weighted by Gasteiger charge is -2.16. The monoisotopic (exact) mass is 424 g/mol. The summed E-state index contributed by atoms with van der Waals surface area (Å²) in [4.78, 5) is 16.7. The molecule has 1 aliphatic heterocycles. The van der Waals surface area contributed by atoms with Gasteiger partial charge in [0.25, 0.3) is 0 Å². The molecule has 1 aliphatic rings. The first-order chi connectivity index (χ1) is 15.1. The van der Waals surface area contributed by atoms with E-state index in [4.69, 9.17) is 13.9 Å². The number of aromatic nitrogens is 1. The van der Waals surface area contributed by atoms with Gasteiger partial charge < -0.3 is 19.2 Å². The number of carbonyl (C=O) groups is 1. The molecule has 1 saturated heterocycles. The number of anilines is 1. The lowest BCUT2D eigenvalue weighted by molar-refractivity contribution is -0.116. The quantitative estimate of drug-likeness (QED) is 0.556. The molecule has 1 amide bonds. The molecule has 1 fully saturated rings. The van der Waals surface area contributed by atoms with Crippen LogP contribution in [0.3, 0.4) is 0 Å². The van der Waals surface area contributed by atoms with Gasteiger partial charge in [-0.2, -0.15) is 0 Å². The zero-order valence-corrected chi connectivity index (χ0v) is 17.4. The summed E-state index contributed by atoms with van der Waals surface area (Å²) in [5, 5.41) is 2.90. The van der Waals surface area contributed by atoms with Crippen molar-refractivity contribution in [3.8, 4) is 17.1 Å². The molecule has 162 valence electrons. The maximum atomic E-state index is 13.9. The van der Waals surface area contributed by atoms with E-state index in [9.17, 15) is 9.18 Å². The van der Waals surface area contributed by atoms with Gasteiger partial charge in [0.05, 0.1) is 23.6 Å². The van der Waals surface area contributed by atoms with Crippen LogP contribution in [-0.4, -0.2) is 30.2 Å². The number of hydrogen-bond acceptors (Lipinski definition) is 5. The highest BCUT2D eigenvalue weighted by Gasteiger charge is 2.18. The molecule has 1 atom stereocenters. The van der Waals surface area contributed by atoms with Crippen molar-refractivity contribution in [3.05, 3.63) is 65.9 Å². The number of amides is 1. The summed E-state index contributed by atoms with van der Waals surface area (Å²) >= 11 is 0. The van der Waals surface area contributed by atoms with E-state index < -0.39 is 0 Å². The minimum Gasteiger partial charge on any atom is -0.489 e. The Morgan fingerprint density at radius 3 is 2.97 bits per heavy atom. The fourth-order valence-electron chi connectivity index (χ4n) is 3.46. The van der Waals surface area contributed by atoms with Crippen LogP contribution in [0.2, 0.25) is 0 Å². The highest BCUT2D eigenvalue weighted by atomic mass is 19.1. The molecule has 0 bridgehead atoms. The largest absolute Gasteiger partial charge is 0.489 e. The third kappa shape index (κ3) is 5.49. The molecular formula is C24H25FN2O4. The van der Waals surface area contributed by atoms with Gasteiger partial charge in [-0.25, -0.2) is 9.37 Å². The van der Waals surface area contributed by atoms with Crippen LogP contribution in [0.15, 0.2) is 53.1 Å². The molecule has 0 aliphatic carbocycles. The van der Waals surface area contributed by atoms with Crippen molar-refractivity contribution in [1.29, 1.82) is 0 Å². The van der Waals surface area contributed by atoms with Crippen molar-refractivity contribution in [1.82, 2.24) is 4.98 Å². The molecule has 0 saturated carbocycles. The van der Waals surface area contributed by atoms with E-state index in [2.05, 4.69) is 10.3 Å². The Kier molecular flexibility index (Phi) is 6.62. The van der Waals surface area contributed by atoms with Crippen molar-refractivity contribution in [2.45, 2.75) is 38.7 Å². The molecule has 2 aromatic carbocycles. The van der Waals surface area contributed by atoms with E-state index in [0.29, 0.717) is 41.7 Å². The standard InChI is InChI=1S/C24H25FN2O4/c1-16-8-9-20(21(13-16)30-15-17-5-4-12-29-17)27-23(28)10-11-24-26-14-22(31-24)18-6-2-3-7-19(18)25/h2-3,6-9,13-14,17H,4-5,10-12,15H2,1H3,(H,27,28). The van der Waals surface area contributed by atoms with Gasteiger partial charge in [-0.05, 0) is 49.6 Å². The number of ether oxygens (including phenoxy) is 2. The summed E-state index contributed by atoms with van der Waals surface area (Å²) in [6.07, 6.45) is 4.08. The second-order valence-electron chi connectivity index (χ2n) is 7.59. The van der Waals surface area contributed by atoms with Crippen LogP contribution < -0.4 is 10.1 Å². The topological polar surface area (TPSA) is 73.6 Å². The molecule has 1 N–H and O–H groups in total. The maximum absolute atomic E-state index is 13.9. The predicted molar refractivity (Wildman–Crippen MR) is 114 cm³/mol. The number of aryl methyl sites for hydroxylation is 2. The van der Waals surface area contributed by atoms with E-state index in [1.807, 2.05) is 25.1 Å². The van der Waals surface area contributed by atoms with Crippen LogP contribution in [-0.2, 0) is 16.0 Å². The molecule has 4 rings (SSSR count). The lowest BCUT2D eigenvalue weighted by atomic mass is 10.2. The summed E-state index contributed by atoms with van der Waals surface area (Å²) < 4.78 is 31.0. The summed E-state index contributed by atoms with van der Waals surface area (Å²) in [6, 6.07) is 12.0. The zero-order chi connectivity index (χ0) is 21.6. The molecule has 7 heteroatoms. The maximum Gasteiger partial charge on any atom is 0.224 e. The molecule has 2 heterocycles. The van der Waals surface area contributed by atoms with Crippen molar-refractivity contribution in [3.63, 3.8) is 0 Å². The van der Waals surface area contributed by atoms with Gasteiger partial charge in [0.1, 0.15) is 18.2 Å². The van der Waals surface area contributed by atoms with Gasteiger partial charge in [0.2, 0.25) is 5.91 Å². The van der Waals surface area contributed by atoms with Gasteiger partial charge in [0.15, 0.2) is 11.7 Å². The van der Waals surface area contributed by atoms with Gasteiger partial charge in [0, 0.05) is 19.4 Å². The summed E-state index contributed by atoms with van der Waals surface area (Å²) in [7, 11) is 0. The molecule has 31 heavy (non-hydrogen) atoms. The van der Waals surface area contributed by atoms with Crippen molar-refractivity contribution in [2.75, 3.05) is 18.5 Å². The molecule has 3 aromatic rings. The average molecular weight is 424 g/mol. The van der Waals surface area contributed by atoms with E-state index in [1.165, 1.54) is 12.3 Å². The van der Waals surface area contributed by atoms with Crippen LogP contribution in [0, 0.1) is 12.7 Å². The van der Waals surface area contributed by atoms with Gasteiger partial charge in [-0.3, -0.25) is 4.79 Å². The molecule has 6 nitrogen and oxygen atoms in total. The van der Waals surface area contributed by atoms with Gasteiger partial charge >= 0.3 is 0 Å². The first-order valence-electron chi connectivity index (χ1n) is 10.4. The first kappa shape index (κ1) is 21.1. The fraction of sp³-hybridized carbons (Fsp3) is 0.333. The van der Waals surface area contributed by atoms with Crippen LogP contribution in [0.4, 0.5) is 10.1 Å². The van der Waals surface area contributed by atoms with Crippen LogP contribution in [0.1, 0.15) is 30.7 Å². The smallest absolute Gasteiger partial charge is 0.224 e. The third-order valence-corrected chi connectivity index (χ3v) is 5.12. The normalized spacial score (nSPS) is 15.7. The minimum absolute atomic E-state index is 0.0951. The number of nitrogens with zero attached hydrogens (tertiary/aromatic N) is 1. The number of halogens is 1. The second kappa shape index (κ2) is 9.75. The minimum atomic E-state index is -0.377. The second-order valence-corrected chi connectivity index (χ2v) is 7.59. The van der Waals surface area contributed by atoms with Gasteiger partial charge in [-0.15, -0.1) is 0 Å². The molecular weight excluding hydrogens is 399 g/mol. The van der Waals surface area contributed by atoms with Crippen LogP contribution >= 0.6 is 0 Å². The number of carbonyl (C=O) groups excluding carboxylic acids is 1. The average Bonchev–Trinajstić information content (AvgIpc) is 3.45. The molecule has 1 unspecified atom stereocenters. The van der Waals surface area contributed by atoms with E-state index >= 15 is 0 Å². The summed E-state index contributed by atoms with van der Waals surface area (Å²) in [5.74, 6) is 0.792. The predicted octanol–water partition coefficient (Wildman–Crippen LogP) is 4.92. The highest BCUT2D eigenvalue weighted by molar-refractivity contribution is 5.92. The number of oxazole rings is 1. The lowest BCUT2D eigenvalue weighted by Crippen LogP contribution is -2.18. The number of hydrogen-bond donors (Lipinski definition) is 1. The Balaban J connectivity index is 1.34. The van der Waals surface area contributed by atoms with E-state index in [-0.39, 0.29) is 24.2 Å². The summed E-state index contributed by atoms with van der Waals surface area (Å²) in [5.41, 5.74) is 2.01. The zero-order valence-electron chi connectivity index (χ0n) is 17.4. The Morgan fingerprint density at radius 1 is 1.29 bits per heavy atom. The fourth-order valence-corrected chi connectivity index (χ4v) is 3.46. The molecule has 0 spiro atoms.